The Morgan fingerprint density at radius 1 is 1.37 bits per heavy atom. The molecule has 1 rings (SSSR count). The lowest BCUT2D eigenvalue weighted by molar-refractivity contribution is -0.123. The van der Waals surface area contributed by atoms with Gasteiger partial charge < -0.3 is 10.1 Å². The Balaban J connectivity index is 2.54. The van der Waals surface area contributed by atoms with E-state index in [0.29, 0.717) is 12.5 Å². The molecular formula is C14H18FNO3. The van der Waals surface area contributed by atoms with Crippen LogP contribution in [0.25, 0.3) is 0 Å². The minimum Gasteiger partial charge on any atom is -0.481 e. The van der Waals surface area contributed by atoms with Crippen molar-refractivity contribution in [2.24, 2.45) is 5.92 Å². The van der Waals surface area contributed by atoms with E-state index in [0.717, 1.165) is 6.07 Å². The highest BCUT2D eigenvalue weighted by Crippen LogP contribution is 2.18. The van der Waals surface area contributed by atoms with E-state index in [1.807, 2.05) is 13.8 Å². The molecule has 1 aromatic carbocycles. The SMILES string of the molecule is CC(=O)c1ccc(OCC(=O)NCC(C)C)c(F)c1. The zero-order chi connectivity index (χ0) is 14.4. The molecule has 5 heteroatoms. The van der Waals surface area contributed by atoms with Crippen LogP contribution in [0, 0.1) is 11.7 Å². The fourth-order valence-corrected chi connectivity index (χ4v) is 1.35. The number of ketones is 1. The Morgan fingerprint density at radius 3 is 2.58 bits per heavy atom. The minimum atomic E-state index is -0.649. The Hall–Kier alpha value is -1.91. The second-order valence-electron chi connectivity index (χ2n) is 4.69. The van der Waals surface area contributed by atoms with Crippen LogP contribution < -0.4 is 10.1 Å². The largest absolute Gasteiger partial charge is 0.481 e. The van der Waals surface area contributed by atoms with Gasteiger partial charge in [0.15, 0.2) is 24.0 Å². The summed E-state index contributed by atoms with van der Waals surface area (Å²) in [5.41, 5.74) is 0.272. The summed E-state index contributed by atoms with van der Waals surface area (Å²) in [6.45, 7) is 5.61. The first-order valence-electron chi connectivity index (χ1n) is 6.10. The molecule has 0 fully saturated rings. The van der Waals surface area contributed by atoms with Crippen LogP contribution in [0.2, 0.25) is 0 Å². The van der Waals surface area contributed by atoms with E-state index in [-0.39, 0.29) is 29.6 Å². The smallest absolute Gasteiger partial charge is 0.257 e. The van der Waals surface area contributed by atoms with Crippen LogP contribution in [0.1, 0.15) is 31.1 Å². The number of nitrogens with one attached hydrogen (secondary N) is 1. The molecule has 19 heavy (non-hydrogen) atoms. The molecule has 0 bridgehead atoms. The van der Waals surface area contributed by atoms with Gasteiger partial charge in [0.05, 0.1) is 0 Å². The van der Waals surface area contributed by atoms with Crippen LogP contribution in [0.5, 0.6) is 5.75 Å². The van der Waals surface area contributed by atoms with Gasteiger partial charge in [0.1, 0.15) is 0 Å². The molecule has 4 nitrogen and oxygen atoms in total. The van der Waals surface area contributed by atoms with Crippen LogP contribution in [-0.4, -0.2) is 24.8 Å². The lowest BCUT2D eigenvalue weighted by Crippen LogP contribution is -2.31. The topological polar surface area (TPSA) is 55.4 Å². The third kappa shape index (κ3) is 5.07. The van der Waals surface area contributed by atoms with E-state index in [2.05, 4.69) is 5.32 Å². The lowest BCUT2D eigenvalue weighted by atomic mass is 10.1. The molecule has 1 N–H and O–H groups in total. The van der Waals surface area contributed by atoms with Gasteiger partial charge in [0, 0.05) is 12.1 Å². The Bertz CT molecular complexity index is 472. The number of benzene rings is 1. The molecule has 0 aliphatic carbocycles. The van der Waals surface area contributed by atoms with Gasteiger partial charge in [-0.15, -0.1) is 0 Å². The molecule has 0 saturated carbocycles. The van der Waals surface area contributed by atoms with E-state index in [1.165, 1.54) is 19.1 Å². The van der Waals surface area contributed by atoms with Crippen LogP contribution in [0.15, 0.2) is 18.2 Å². The number of Topliss-reactive ketones (excluding diaryl/α,β-unsaturated/α-hetero) is 1. The molecule has 1 aromatic rings. The van der Waals surface area contributed by atoms with Gasteiger partial charge in [0.2, 0.25) is 0 Å². The summed E-state index contributed by atoms with van der Waals surface area (Å²) < 4.78 is 18.6. The van der Waals surface area contributed by atoms with Crippen molar-refractivity contribution in [3.63, 3.8) is 0 Å². The van der Waals surface area contributed by atoms with Crippen LogP contribution in [-0.2, 0) is 4.79 Å². The Labute approximate surface area is 112 Å². The molecule has 0 aliphatic rings. The summed E-state index contributed by atoms with van der Waals surface area (Å²) in [4.78, 5) is 22.4. The predicted molar refractivity (Wildman–Crippen MR) is 69.7 cm³/mol. The molecule has 0 unspecified atom stereocenters. The zero-order valence-electron chi connectivity index (χ0n) is 11.3. The molecular weight excluding hydrogens is 249 g/mol. The third-order valence-electron chi connectivity index (χ3n) is 2.40. The summed E-state index contributed by atoms with van der Waals surface area (Å²) in [5.74, 6) is -0.867. The number of carbonyl (C=O) groups is 2. The summed E-state index contributed by atoms with van der Waals surface area (Å²) in [7, 11) is 0. The van der Waals surface area contributed by atoms with Gasteiger partial charge in [-0.3, -0.25) is 9.59 Å². The molecule has 0 atom stereocenters. The van der Waals surface area contributed by atoms with Gasteiger partial charge in [-0.25, -0.2) is 4.39 Å². The van der Waals surface area contributed by atoms with Gasteiger partial charge in [-0.05, 0) is 31.0 Å². The number of carbonyl (C=O) groups excluding carboxylic acids is 2. The first-order valence-corrected chi connectivity index (χ1v) is 6.10. The highest BCUT2D eigenvalue weighted by Gasteiger charge is 2.09. The maximum absolute atomic E-state index is 13.6. The van der Waals surface area contributed by atoms with Crippen molar-refractivity contribution in [2.75, 3.05) is 13.2 Å². The van der Waals surface area contributed by atoms with E-state index < -0.39 is 5.82 Å². The summed E-state index contributed by atoms with van der Waals surface area (Å²) in [6.07, 6.45) is 0. The number of hydrogen-bond acceptors (Lipinski definition) is 3. The standard InChI is InChI=1S/C14H18FNO3/c1-9(2)7-16-14(18)8-19-13-5-4-11(10(3)17)6-12(13)15/h4-6,9H,7-8H2,1-3H3,(H,16,18). The minimum absolute atomic E-state index is 0.0373. The fraction of sp³-hybridized carbons (Fsp3) is 0.429. The number of halogens is 1. The average Bonchev–Trinajstić information content (AvgIpc) is 2.34. The predicted octanol–water partition coefficient (Wildman–Crippen LogP) is 2.18. The van der Waals surface area contributed by atoms with E-state index in [4.69, 9.17) is 4.74 Å². The monoisotopic (exact) mass is 267 g/mol. The molecule has 0 spiro atoms. The molecule has 0 heterocycles. The summed E-state index contributed by atoms with van der Waals surface area (Å²) in [6, 6.07) is 3.91. The molecule has 104 valence electrons. The average molecular weight is 267 g/mol. The first kappa shape index (κ1) is 15.1. The highest BCUT2D eigenvalue weighted by atomic mass is 19.1. The van der Waals surface area contributed by atoms with Crippen LogP contribution in [0.3, 0.4) is 0 Å². The number of rotatable bonds is 6. The maximum Gasteiger partial charge on any atom is 0.257 e. The van der Waals surface area contributed by atoms with Crippen LogP contribution >= 0.6 is 0 Å². The fourth-order valence-electron chi connectivity index (χ4n) is 1.35. The van der Waals surface area contributed by atoms with Crippen molar-refractivity contribution < 1.29 is 18.7 Å². The first-order chi connectivity index (χ1) is 8.90. The van der Waals surface area contributed by atoms with E-state index in [9.17, 15) is 14.0 Å². The number of ether oxygens (including phenoxy) is 1. The van der Waals surface area contributed by atoms with Gasteiger partial charge >= 0.3 is 0 Å². The molecule has 0 aromatic heterocycles. The Morgan fingerprint density at radius 2 is 2.05 bits per heavy atom. The maximum atomic E-state index is 13.6. The Kier molecular flexibility index (Phi) is 5.48. The quantitative estimate of drug-likeness (QED) is 0.804. The second-order valence-corrected chi connectivity index (χ2v) is 4.69. The van der Waals surface area contributed by atoms with Crippen molar-refractivity contribution in [3.8, 4) is 5.75 Å². The van der Waals surface area contributed by atoms with Crippen molar-refractivity contribution in [1.82, 2.24) is 5.32 Å². The van der Waals surface area contributed by atoms with Crippen molar-refractivity contribution >= 4 is 11.7 Å². The highest BCUT2D eigenvalue weighted by molar-refractivity contribution is 5.94. The molecule has 0 saturated heterocycles. The van der Waals surface area contributed by atoms with E-state index in [1.54, 1.807) is 0 Å². The van der Waals surface area contributed by atoms with Crippen molar-refractivity contribution in [1.29, 1.82) is 0 Å². The van der Waals surface area contributed by atoms with E-state index >= 15 is 0 Å². The summed E-state index contributed by atoms with van der Waals surface area (Å²) in [5, 5.41) is 2.66. The molecule has 1 amide bonds. The van der Waals surface area contributed by atoms with Crippen LogP contribution in [0.4, 0.5) is 4.39 Å². The third-order valence-corrected chi connectivity index (χ3v) is 2.40. The normalized spacial score (nSPS) is 10.4. The van der Waals surface area contributed by atoms with Crippen molar-refractivity contribution in [2.45, 2.75) is 20.8 Å². The number of hydrogen-bond donors (Lipinski definition) is 1. The lowest BCUT2D eigenvalue weighted by Gasteiger charge is -2.10. The second kappa shape index (κ2) is 6.87. The zero-order valence-corrected chi connectivity index (χ0v) is 11.3. The van der Waals surface area contributed by atoms with Gasteiger partial charge in [-0.2, -0.15) is 0 Å². The van der Waals surface area contributed by atoms with Gasteiger partial charge in [0.25, 0.3) is 5.91 Å². The van der Waals surface area contributed by atoms with Crippen molar-refractivity contribution in [3.05, 3.63) is 29.6 Å². The summed E-state index contributed by atoms with van der Waals surface area (Å²) >= 11 is 0. The number of amides is 1. The van der Waals surface area contributed by atoms with Gasteiger partial charge in [-0.1, -0.05) is 13.8 Å². The molecule has 0 radical (unpaired) electrons. The molecule has 0 aliphatic heterocycles.